The van der Waals surface area contributed by atoms with Crippen LogP contribution in [0.3, 0.4) is 0 Å². The first-order valence-corrected chi connectivity index (χ1v) is 7.38. The predicted molar refractivity (Wildman–Crippen MR) is 75.6 cm³/mol. The third-order valence-corrected chi connectivity index (χ3v) is 3.92. The number of nitrogens with one attached hydrogen (secondary N) is 2. The Balaban J connectivity index is 2.66. The minimum Gasteiger partial charge on any atom is -0.355 e. The number of amides is 1. The van der Waals surface area contributed by atoms with E-state index in [2.05, 4.69) is 29.4 Å². The molecule has 3 unspecified atom stereocenters. The van der Waals surface area contributed by atoms with E-state index in [0.29, 0.717) is 18.6 Å². The van der Waals surface area contributed by atoms with Crippen LogP contribution in [0.25, 0.3) is 0 Å². The van der Waals surface area contributed by atoms with E-state index < -0.39 is 0 Å². The molecule has 4 heteroatoms. The zero-order valence-electron chi connectivity index (χ0n) is 12.3. The number of hydrogen-bond acceptors (Lipinski definition) is 3. The van der Waals surface area contributed by atoms with Crippen molar-refractivity contribution in [2.45, 2.75) is 65.1 Å². The Hall–Kier alpha value is -0.610. The molecular formula is C14H29N3O. The van der Waals surface area contributed by atoms with Gasteiger partial charge >= 0.3 is 0 Å². The highest BCUT2D eigenvalue weighted by atomic mass is 16.2. The molecule has 1 heterocycles. The molecule has 0 spiro atoms. The van der Waals surface area contributed by atoms with Crippen molar-refractivity contribution in [2.24, 2.45) is 0 Å². The number of hydrogen-bond donors (Lipinski definition) is 2. The molecule has 0 bridgehead atoms. The lowest BCUT2D eigenvalue weighted by atomic mass is 9.94. The summed E-state index contributed by atoms with van der Waals surface area (Å²) < 4.78 is 0. The molecule has 0 aliphatic carbocycles. The lowest BCUT2D eigenvalue weighted by Crippen LogP contribution is -2.57. The van der Waals surface area contributed by atoms with Gasteiger partial charge in [-0.3, -0.25) is 9.69 Å². The molecule has 0 aromatic heterocycles. The second-order valence-electron chi connectivity index (χ2n) is 5.22. The van der Waals surface area contributed by atoms with Gasteiger partial charge in [-0.1, -0.05) is 13.3 Å². The standard InChI is InChI=1S/C14H29N3O/c1-5-15-11(3)13-9-7-8-10-17(13)12(4)14(18)16-6-2/h11-13,15H,5-10H2,1-4H3,(H,16,18). The number of piperidine rings is 1. The number of carbonyl (C=O) groups excluding carboxylic acids is 1. The van der Waals surface area contributed by atoms with Gasteiger partial charge in [0.05, 0.1) is 6.04 Å². The molecule has 18 heavy (non-hydrogen) atoms. The zero-order chi connectivity index (χ0) is 13.5. The van der Waals surface area contributed by atoms with Crippen LogP contribution in [0.4, 0.5) is 0 Å². The summed E-state index contributed by atoms with van der Waals surface area (Å²) in [5.41, 5.74) is 0. The van der Waals surface area contributed by atoms with Crippen molar-refractivity contribution < 1.29 is 4.79 Å². The minimum atomic E-state index is -0.0173. The van der Waals surface area contributed by atoms with Crippen LogP contribution >= 0.6 is 0 Å². The van der Waals surface area contributed by atoms with E-state index >= 15 is 0 Å². The second-order valence-corrected chi connectivity index (χ2v) is 5.22. The Morgan fingerprint density at radius 3 is 2.61 bits per heavy atom. The van der Waals surface area contributed by atoms with Crippen molar-refractivity contribution >= 4 is 5.91 Å². The summed E-state index contributed by atoms with van der Waals surface area (Å²) >= 11 is 0. The van der Waals surface area contributed by atoms with E-state index in [1.165, 1.54) is 19.3 Å². The lowest BCUT2D eigenvalue weighted by Gasteiger charge is -2.42. The van der Waals surface area contributed by atoms with Crippen molar-refractivity contribution in [1.29, 1.82) is 0 Å². The van der Waals surface area contributed by atoms with Gasteiger partial charge in [-0.2, -0.15) is 0 Å². The Labute approximate surface area is 111 Å². The van der Waals surface area contributed by atoms with Crippen LogP contribution in [0.5, 0.6) is 0 Å². The first-order chi connectivity index (χ1) is 8.61. The molecule has 1 aliphatic heterocycles. The summed E-state index contributed by atoms with van der Waals surface area (Å²) in [7, 11) is 0. The molecule has 1 rings (SSSR count). The molecule has 2 N–H and O–H groups in total. The fourth-order valence-corrected chi connectivity index (χ4v) is 2.93. The first kappa shape index (κ1) is 15.4. The molecule has 0 aromatic carbocycles. The third-order valence-electron chi connectivity index (χ3n) is 3.92. The van der Waals surface area contributed by atoms with Crippen molar-refractivity contribution in [1.82, 2.24) is 15.5 Å². The van der Waals surface area contributed by atoms with Gasteiger partial charge in [0.15, 0.2) is 0 Å². The Morgan fingerprint density at radius 2 is 2.00 bits per heavy atom. The van der Waals surface area contributed by atoms with Crippen LogP contribution in [-0.4, -0.2) is 48.6 Å². The molecule has 106 valence electrons. The summed E-state index contributed by atoms with van der Waals surface area (Å²) in [6, 6.07) is 0.917. The molecule has 0 radical (unpaired) electrons. The van der Waals surface area contributed by atoms with Crippen LogP contribution < -0.4 is 10.6 Å². The zero-order valence-corrected chi connectivity index (χ0v) is 12.3. The Bertz CT molecular complexity index is 257. The quantitative estimate of drug-likeness (QED) is 0.753. The maximum absolute atomic E-state index is 12.0. The summed E-state index contributed by atoms with van der Waals surface area (Å²) in [6.07, 6.45) is 3.68. The van der Waals surface area contributed by atoms with E-state index in [4.69, 9.17) is 0 Å². The van der Waals surface area contributed by atoms with E-state index in [1.807, 2.05) is 13.8 Å². The predicted octanol–water partition coefficient (Wildman–Crippen LogP) is 1.36. The average Bonchev–Trinajstić information content (AvgIpc) is 2.38. The summed E-state index contributed by atoms with van der Waals surface area (Å²) in [4.78, 5) is 14.4. The van der Waals surface area contributed by atoms with Gasteiger partial charge in [-0.15, -0.1) is 0 Å². The van der Waals surface area contributed by atoms with Gasteiger partial charge in [0, 0.05) is 18.6 Å². The maximum atomic E-state index is 12.0. The lowest BCUT2D eigenvalue weighted by molar-refractivity contribution is -0.127. The van der Waals surface area contributed by atoms with Crippen molar-refractivity contribution in [3.05, 3.63) is 0 Å². The van der Waals surface area contributed by atoms with Gasteiger partial charge in [0.2, 0.25) is 5.91 Å². The Morgan fingerprint density at radius 1 is 1.28 bits per heavy atom. The average molecular weight is 255 g/mol. The molecule has 1 aliphatic rings. The first-order valence-electron chi connectivity index (χ1n) is 7.38. The Kier molecular flexibility index (Phi) is 6.65. The molecule has 1 saturated heterocycles. The van der Waals surface area contributed by atoms with Gasteiger partial charge in [0.25, 0.3) is 0 Å². The van der Waals surface area contributed by atoms with Crippen LogP contribution in [0.1, 0.15) is 47.0 Å². The number of carbonyl (C=O) groups is 1. The second kappa shape index (κ2) is 7.74. The van der Waals surface area contributed by atoms with E-state index in [1.54, 1.807) is 0 Å². The van der Waals surface area contributed by atoms with Gasteiger partial charge in [0.1, 0.15) is 0 Å². The minimum absolute atomic E-state index is 0.0173. The van der Waals surface area contributed by atoms with Crippen LogP contribution in [0, 0.1) is 0 Å². The van der Waals surface area contributed by atoms with Crippen LogP contribution in [0.2, 0.25) is 0 Å². The fraction of sp³-hybridized carbons (Fsp3) is 0.929. The number of nitrogens with zero attached hydrogens (tertiary/aromatic N) is 1. The van der Waals surface area contributed by atoms with Gasteiger partial charge in [-0.25, -0.2) is 0 Å². The van der Waals surface area contributed by atoms with E-state index in [0.717, 1.165) is 13.1 Å². The molecule has 3 atom stereocenters. The molecule has 1 fully saturated rings. The summed E-state index contributed by atoms with van der Waals surface area (Å²) in [5.74, 6) is 0.160. The van der Waals surface area contributed by atoms with E-state index in [9.17, 15) is 4.79 Å². The van der Waals surface area contributed by atoms with E-state index in [-0.39, 0.29) is 11.9 Å². The highest BCUT2D eigenvalue weighted by Crippen LogP contribution is 2.22. The number of rotatable bonds is 6. The monoisotopic (exact) mass is 255 g/mol. The largest absolute Gasteiger partial charge is 0.355 e. The van der Waals surface area contributed by atoms with Crippen molar-refractivity contribution in [3.63, 3.8) is 0 Å². The number of likely N-dealkylation sites (N-methyl/N-ethyl adjacent to an activating group) is 2. The normalized spacial score (nSPS) is 24.6. The van der Waals surface area contributed by atoms with Gasteiger partial charge < -0.3 is 10.6 Å². The van der Waals surface area contributed by atoms with Crippen LogP contribution in [-0.2, 0) is 4.79 Å². The highest BCUT2D eigenvalue weighted by Gasteiger charge is 2.32. The van der Waals surface area contributed by atoms with Crippen molar-refractivity contribution in [3.8, 4) is 0 Å². The highest BCUT2D eigenvalue weighted by molar-refractivity contribution is 5.81. The molecule has 0 aromatic rings. The maximum Gasteiger partial charge on any atom is 0.237 e. The topological polar surface area (TPSA) is 44.4 Å². The fourth-order valence-electron chi connectivity index (χ4n) is 2.93. The molecule has 0 saturated carbocycles. The third kappa shape index (κ3) is 3.95. The SMILES string of the molecule is CCNC(=O)C(C)N1CCCCC1C(C)NCC. The van der Waals surface area contributed by atoms with Crippen molar-refractivity contribution in [2.75, 3.05) is 19.6 Å². The summed E-state index contributed by atoms with van der Waals surface area (Å²) in [5, 5.41) is 6.43. The molecule has 4 nitrogen and oxygen atoms in total. The molecule has 1 amide bonds. The summed E-state index contributed by atoms with van der Waals surface area (Å²) in [6.45, 7) is 11.1. The van der Waals surface area contributed by atoms with Crippen LogP contribution in [0.15, 0.2) is 0 Å². The van der Waals surface area contributed by atoms with Gasteiger partial charge in [-0.05, 0) is 46.7 Å². The molecular weight excluding hydrogens is 226 g/mol. The number of likely N-dealkylation sites (tertiary alicyclic amines) is 1. The smallest absolute Gasteiger partial charge is 0.237 e.